The summed E-state index contributed by atoms with van der Waals surface area (Å²) in [6, 6.07) is 0. The van der Waals surface area contributed by atoms with Gasteiger partial charge in [-0.25, -0.2) is 0 Å². The molecular weight excluding hydrogens is 464 g/mol. The van der Waals surface area contributed by atoms with Crippen LogP contribution in [-0.2, 0) is 9.53 Å². The van der Waals surface area contributed by atoms with Crippen LogP contribution in [0.4, 0.5) is 0 Å². The van der Waals surface area contributed by atoms with Crippen molar-refractivity contribution in [3.05, 3.63) is 22.7 Å². The fourth-order valence-corrected chi connectivity index (χ4v) is 6.99. The van der Waals surface area contributed by atoms with Gasteiger partial charge in [-0.05, 0) is 105 Å². The van der Waals surface area contributed by atoms with E-state index in [0.29, 0.717) is 29.1 Å². The van der Waals surface area contributed by atoms with Crippen molar-refractivity contribution in [3.63, 3.8) is 0 Å². The highest BCUT2D eigenvalue weighted by Gasteiger charge is 2.51. The Kier molecular flexibility index (Phi) is 9.68. The number of rotatable bonds is 9. The number of aliphatic hydroxyl groups is 1. The standard InChI is InChI=1S/C28H47BrO3/c1-18(2)14-22(20(4)17-32-26(31)27(5,6)7)25(30)15-19(3)23-11-12-24-21(16-29)10-9-13-28(23,24)8/h16,18-19,22-25,30H,4,9-15,17H2,1-3,5-8H3/t19-,22-,23-,24+,25-,28-/m1/s1. The number of aliphatic hydroxyl groups excluding tert-OH is 1. The Hall–Kier alpha value is -0.610. The predicted molar refractivity (Wildman–Crippen MR) is 137 cm³/mol. The molecule has 0 bridgehead atoms. The van der Waals surface area contributed by atoms with Gasteiger partial charge in [-0.3, -0.25) is 4.79 Å². The van der Waals surface area contributed by atoms with Gasteiger partial charge in [-0.15, -0.1) is 0 Å². The molecule has 3 nitrogen and oxygen atoms in total. The number of fused-ring (bicyclic) bond motifs is 1. The summed E-state index contributed by atoms with van der Waals surface area (Å²) < 4.78 is 5.54. The monoisotopic (exact) mass is 510 g/mol. The van der Waals surface area contributed by atoms with E-state index in [1.165, 1.54) is 32.1 Å². The third-order valence-electron chi connectivity index (χ3n) is 8.19. The molecule has 2 rings (SSSR count). The summed E-state index contributed by atoms with van der Waals surface area (Å²) in [6.45, 7) is 19.2. The van der Waals surface area contributed by atoms with Crippen molar-refractivity contribution in [2.45, 2.75) is 99.5 Å². The lowest BCUT2D eigenvalue weighted by Crippen LogP contribution is -2.37. The second-order valence-electron chi connectivity index (χ2n) is 12.3. The quantitative estimate of drug-likeness (QED) is 0.255. The summed E-state index contributed by atoms with van der Waals surface area (Å²) in [5, 5.41) is 11.3. The minimum absolute atomic E-state index is 0.0421. The lowest BCUT2D eigenvalue weighted by molar-refractivity contribution is -0.152. The molecule has 2 fully saturated rings. The van der Waals surface area contributed by atoms with Gasteiger partial charge in [0.1, 0.15) is 6.61 Å². The summed E-state index contributed by atoms with van der Waals surface area (Å²) in [5.74, 6) is 1.95. The second-order valence-corrected chi connectivity index (χ2v) is 12.7. The maximum atomic E-state index is 12.2. The van der Waals surface area contributed by atoms with Gasteiger partial charge in [0.2, 0.25) is 0 Å². The first-order valence-corrected chi connectivity index (χ1v) is 13.5. The molecule has 0 spiro atoms. The number of halogens is 1. The Morgan fingerprint density at radius 2 is 1.94 bits per heavy atom. The molecule has 1 N–H and O–H groups in total. The topological polar surface area (TPSA) is 46.5 Å². The average molecular weight is 512 g/mol. The van der Waals surface area contributed by atoms with Crippen LogP contribution in [0.2, 0.25) is 0 Å². The van der Waals surface area contributed by atoms with Gasteiger partial charge in [-0.1, -0.05) is 55.8 Å². The van der Waals surface area contributed by atoms with E-state index in [1.807, 2.05) is 20.8 Å². The zero-order valence-electron chi connectivity index (χ0n) is 21.5. The molecule has 32 heavy (non-hydrogen) atoms. The molecule has 2 aliphatic carbocycles. The molecule has 0 aliphatic heterocycles. The highest BCUT2D eigenvalue weighted by Crippen LogP contribution is 2.60. The lowest BCUT2D eigenvalue weighted by atomic mass is 9.61. The highest BCUT2D eigenvalue weighted by atomic mass is 79.9. The molecule has 0 aromatic heterocycles. The zero-order valence-corrected chi connectivity index (χ0v) is 23.1. The molecule has 0 unspecified atom stereocenters. The number of hydrogen-bond acceptors (Lipinski definition) is 3. The summed E-state index contributed by atoms with van der Waals surface area (Å²) in [5.41, 5.74) is 2.23. The van der Waals surface area contributed by atoms with Crippen molar-refractivity contribution in [3.8, 4) is 0 Å². The van der Waals surface area contributed by atoms with Crippen LogP contribution in [0, 0.1) is 40.4 Å². The molecule has 0 radical (unpaired) electrons. The van der Waals surface area contributed by atoms with E-state index in [9.17, 15) is 9.90 Å². The largest absolute Gasteiger partial charge is 0.461 e. The maximum absolute atomic E-state index is 12.2. The molecule has 0 aromatic rings. The number of hydrogen-bond donors (Lipinski definition) is 1. The minimum Gasteiger partial charge on any atom is -0.461 e. The second kappa shape index (κ2) is 11.2. The molecule has 4 heteroatoms. The Morgan fingerprint density at radius 3 is 2.50 bits per heavy atom. The van der Waals surface area contributed by atoms with Gasteiger partial charge < -0.3 is 9.84 Å². The first kappa shape index (κ1) is 27.6. The fourth-order valence-electron chi connectivity index (χ4n) is 6.44. The zero-order chi connectivity index (χ0) is 24.3. The van der Waals surface area contributed by atoms with E-state index in [1.54, 1.807) is 5.57 Å². The average Bonchev–Trinajstić information content (AvgIpc) is 3.05. The van der Waals surface area contributed by atoms with E-state index in [4.69, 9.17) is 4.74 Å². The first-order valence-electron chi connectivity index (χ1n) is 12.6. The number of allylic oxidation sites excluding steroid dienone is 1. The van der Waals surface area contributed by atoms with Gasteiger partial charge in [0.25, 0.3) is 0 Å². The molecule has 184 valence electrons. The lowest BCUT2D eigenvalue weighted by Gasteiger charge is -2.45. The summed E-state index contributed by atoms with van der Waals surface area (Å²) in [4.78, 5) is 14.4. The van der Waals surface area contributed by atoms with E-state index in [2.05, 4.69) is 55.2 Å². The maximum Gasteiger partial charge on any atom is 0.311 e. The summed E-state index contributed by atoms with van der Waals surface area (Å²) in [7, 11) is 0. The molecular formula is C28H47BrO3. The Labute approximate surface area is 205 Å². The fraction of sp³-hybridized carbons (Fsp3) is 0.821. The summed E-state index contributed by atoms with van der Waals surface area (Å²) >= 11 is 3.62. The Balaban J connectivity index is 2.06. The first-order chi connectivity index (χ1) is 14.8. The van der Waals surface area contributed by atoms with Gasteiger partial charge in [0, 0.05) is 5.92 Å². The molecule has 6 atom stereocenters. The van der Waals surface area contributed by atoms with E-state index in [0.717, 1.165) is 18.4 Å². The Bertz CT molecular complexity index is 689. The highest BCUT2D eigenvalue weighted by molar-refractivity contribution is 9.11. The normalized spacial score (nSPS) is 30.1. The number of carbonyl (C=O) groups is 1. The predicted octanol–water partition coefficient (Wildman–Crippen LogP) is 7.68. The third-order valence-corrected chi connectivity index (χ3v) is 8.78. The van der Waals surface area contributed by atoms with E-state index < -0.39 is 11.5 Å². The number of carbonyl (C=O) groups excluding carboxylic acids is 1. The van der Waals surface area contributed by atoms with Crippen molar-refractivity contribution in [2.24, 2.45) is 40.4 Å². The van der Waals surface area contributed by atoms with Crippen LogP contribution in [0.5, 0.6) is 0 Å². The molecule has 2 aliphatic rings. The Morgan fingerprint density at radius 1 is 1.28 bits per heavy atom. The molecule has 2 saturated carbocycles. The van der Waals surface area contributed by atoms with Crippen LogP contribution in [0.3, 0.4) is 0 Å². The van der Waals surface area contributed by atoms with E-state index >= 15 is 0 Å². The van der Waals surface area contributed by atoms with Crippen molar-refractivity contribution in [1.29, 1.82) is 0 Å². The van der Waals surface area contributed by atoms with Crippen molar-refractivity contribution in [2.75, 3.05) is 6.61 Å². The van der Waals surface area contributed by atoms with Gasteiger partial charge in [0.15, 0.2) is 0 Å². The smallest absolute Gasteiger partial charge is 0.311 e. The van der Waals surface area contributed by atoms with Crippen molar-refractivity contribution in [1.82, 2.24) is 0 Å². The summed E-state index contributed by atoms with van der Waals surface area (Å²) in [6.07, 6.45) is 7.48. The van der Waals surface area contributed by atoms with Crippen LogP contribution in [-0.4, -0.2) is 23.8 Å². The molecule has 0 aromatic carbocycles. The minimum atomic E-state index is -0.530. The SMILES string of the molecule is C=C(COC(=O)C(C)(C)C)[C@@H](CC(C)C)[C@H](O)C[C@@H](C)[C@H]1CC[C@H]2C(=CBr)CCC[C@]12C. The van der Waals surface area contributed by atoms with Crippen molar-refractivity contribution >= 4 is 21.9 Å². The number of ether oxygens (including phenoxy) is 1. The van der Waals surface area contributed by atoms with Crippen LogP contribution >= 0.6 is 15.9 Å². The van der Waals surface area contributed by atoms with Crippen LogP contribution in [0.1, 0.15) is 93.4 Å². The molecule has 0 heterocycles. The number of esters is 1. The van der Waals surface area contributed by atoms with Crippen LogP contribution in [0.25, 0.3) is 0 Å². The van der Waals surface area contributed by atoms with Crippen LogP contribution in [0.15, 0.2) is 22.7 Å². The van der Waals surface area contributed by atoms with Gasteiger partial charge in [0.05, 0.1) is 11.5 Å². The molecule has 0 amide bonds. The van der Waals surface area contributed by atoms with Crippen LogP contribution < -0.4 is 0 Å². The van der Waals surface area contributed by atoms with Crippen molar-refractivity contribution < 1.29 is 14.6 Å². The van der Waals surface area contributed by atoms with Gasteiger partial charge in [-0.2, -0.15) is 0 Å². The van der Waals surface area contributed by atoms with Gasteiger partial charge >= 0.3 is 5.97 Å². The van der Waals surface area contributed by atoms with E-state index in [-0.39, 0.29) is 18.5 Å². The third kappa shape index (κ3) is 6.50. The molecule has 0 saturated heterocycles.